The van der Waals surface area contributed by atoms with Gasteiger partial charge in [-0.25, -0.2) is 0 Å². The third kappa shape index (κ3) is 4.82. The summed E-state index contributed by atoms with van der Waals surface area (Å²) in [7, 11) is 0. The van der Waals surface area contributed by atoms with Gasteiger partial charge in [-0.2, -0.15) is 0 Å². The van der Waals surface area contributed by atoms with Crippen LogP contribution < -0.4 is 42.6 Å². The smallest absolute Gasteiger partial charge is 0.253 e. The van der Waals surface area contributed by atoms with E-state index >= 15 is 0 Å². The Morgan fingerprint density at radius 1 is 0.324 bits per heavy atom. The first-order valence-electron chi connectivity index (χ1n) is 24.0. The van der Waals surface area contributed by atoms with Crippen LogP contribution in [-0.4, -0.2) is 13.4 Å². The zero-order valence-electron chi connectivity index (χ0n) is 38.9. The summed E-state index contributed by atoms with van der Waals surface area (Å²) in [4.78, 5) is 5.26. The summed E-state index contributed by atoms with van der Waals surface area (Å²) in [5.41, 5.74) is 26.1. The third-order valence-electron chi connectivity index (χ3n) is 15.8. The Balaban J connectivity index is 1.17. The fraction of sp³-hybridized carbons (Fsp3) is 0.0968. The lowest BCUT2D eigenvalue weighted by Gasteiger charge is -2.49. The quantitative estimate of drug-likeness (QED) is 0.162. The maximum atomic E-state index is 7.19. The molecular formula is C62H44B2N2O2. The van der Waals surface area contributed by atoms with Crippen molar-refractivity contribution in [3.8, 4) is 0 Å². The van der Waals surface area contributed by atoms with Gasteiger partial charge in [-0.05, 0) is 133 Å². The molecule has 320 valence electrons. The molecule has 0 bridgehead atoms. The first-order valence-corrected chi connectivity index (χ1v) is 24.0. The van der Waals surface area contributed by atoms with Gasteiger partial charge >= 0.3 is 0 Å². The fourth-order valence-corrected chi connectivity index (χ4v) is 13.5. The number of rotatable bonds is 2. The van der Waals surface area contributed by atoms with Crippen LogP contribution in [0.25, 0.3) is 65.4 Å². The zero-order chi connectivity index (χ0) is 45.4. The Bertz CT molecular complexity index is 3950. The minimum atomic E-state index is -0.139. The maximum Gasteiger partial charge on any atom is 0.253 e. The molecule has 0 fully saturated rings. The van der Waals surface area contributed by atoms with Crippen molar-refractivity contribution in [3.05, 3.63) is 191 Å². The Morgan fingerprint density at radius 2 is 0.691 bits per heavy atom. The minimum Gasteiger partial charge on any atom is -0.457 e. The third-order valence-corrected chi connectivity index (χ3v) is 15.8. The lowest BCUT2D eigenvalue weighted by atomic mass is 9.32. The number of nitrogens with zero attached hydrogens (tertiary/aromatic N) is 2. The summed E-state index contributed by atoms with van der Waals surface area (Å²) in [5.74, 6) is 0. The summed E-state index contributed by atoms with van der Waals surface area (Å²) >= 11 is 0. The Hall–Kier alpha value is -7.95. The van der Waals surface area contributed by atoms with Gasteiger partial charge in [-0.15, -0.1) is 0 Å². The van der Waals surface area contributed by atoms with Crippen LogP contribution >= 0.6 is 0 Å². The first kappa shape index (κ1) is 38.2. The van der Waals surface area contributed by atoms with Gasteiger partial charge in [0.2, 0.25) is 0 Å². The highest BCUT2D eigenvalue weighted by atomic mass is 16.3. The van der Waals surface area contributed by atoms with Crippen molar-refractivity contribution in [3.63, 3.8) is 0 Å². The van der Waals surface area contributed by atoms with Gasteiger partial charge in [-0.3, -0.25) is 0 Å². The summed E-state index contributed by atoms with van der Waals surface area (Å²) in [6.07, 6.45) is 0. The normalized spacial score (nSPS) is 13.6. The highest BCUT2D eigenvalue weighted by Crippen LogP contribution is 2.58. The minimum absolute atomic E-state index is 0.139. The van der Waals surface area contributed by atoms with E-state index in [-0.39, 0.29) is 13.4 Å². The molecule has 0 saturated heterocycles. The number of anilines is 6. The molecule has 0 saturated carbocycles. The SMILES string of the molecule is Cc1cc(C)c(B2c3c4c(cc5ccccc35)N3c5ccc6c(oc7ccccc76)c5B(c5c(C)cc(C)cc5C)c5c3c(cc3ccccc53)N4c3ccc4c(oc5ccccc54)c32)c(C)c1. The average Bonchev–Trinajstić information content (AvgIpc) is 3.91. The van der Waals surface area contributed by atoms with Crippen LogP contribution in [0.15, 0.2) is 167 Å². The largest absolute Gasteiger partial charge is 0.457 e. The standard InChI is InChI=1S/C62H44B2N2O2/c1-33-27-35(3)53(36(4)28-33)63-55-41-17-9-7-15-39(41)31-49-59(55)65(47-25-23-45-43-19-11-13-21-51(43)67-61(45)57(47)63)50-32-40-16-8-10-18-42(40)56-60(50)66(49)48-26-24-46-44-20-12-14-22-52(44)68-62(46)58(48)64(56)54-37(5)29-34(2)30-38(54)6/h7-32H,1-6H3. The van der Waals surface area contributed by atoms with Crippen molar-refractivity contribution in [1.29, 1.82) is 0 Å². The van der Waals surface area contributed by atoms with Crippen LogP contribution in [-0.2, 0) is 0 Å². The fourth-order valence-electron chi connectivity index (χ4n) is 13.5. The van der Waals surface area contributed by atoms with Gasteiger partial charge in [0.1, 0.15) is 22.3 Å². The van der Waals surface area contributed by atoms with Crippen molar-refractivity contribution in [2.45, 2.75) is 41.5 Å². The number of hydrogen-bond acceptors (Lipinski definition) is 4. The monoisotopic (exact) mass is 870 g/mol. The Morgan fingerprint density at radius 3 is 1.10 bits per heavy atom. The maximum absolute atomic E-state index is 7.19. The molecule has 0 N–H and O–H groups in total. The van der Waals surface area contributed by atoms with E-state index in [0.29, 0.717) is 0 Å². The Labute approximate surface area is 395 Å². The van der Waals surface area contributed by atoms with Crippen molar-refractivity contribution in [2.24, 2.45) is 0 Å². The molecule has 0 spiro atoms. The molecule has 0 radical (unpaired) electrons. The first-order chi connectivity index (χ1) is 33.2. The number of fused-ring (bicyclic) bond motifs is 18. The molecule has 3 aliphatic rings. The average molecular weight is 871 g/mol. The molecule has 0 unspecified atom stereocenters. The van der Waals surface area contributed by atoms with E-state index in [1.54, 1.807) is 0 Å². The number of benzene rings is 10. The van der Waals surface area contributed by atoms with Gasteiger partial charge in [0.25, 0.3) is 13.4 Å². The van der Waals surface area contributed by atoms with Crippen LogP contribution in [0.5, 0.6) is 0 Å². The number of aryl methyl sites for hydroxylation is 6. The molecule has 0 aliphatic carbocycles. The van der Waals surface area contributed by atoms with Gasteiger partial charge in [0.05, 0.1) is 22.7 Å². The highest BCUT2D eigenvalue weighted by Gasteiger charge is 2.50. The molecular weight excluding hydrogens is 826 g/mol. The van der Waals surface area contributed by atoms with Crippen LogP contribution in [0, 0.1) is 41.5 Å². The number of para-hydroxylation sites is 2. The highest BCUT2D eigenvalue weighted by molar-refractivity contribution is 7.02. The van der Waals surface area contributed by atoms with Crippen molar-refractivity contribution in [2.75, 3.05) is 9.80 Å². The van der Waals surface area contributed by atoms with E-state index in [1.807, 2.05) is 0 Å². The van der Waals surface area contributed by atoms with Crippen molar-refractivity contribution < 1.29 is 8.83 Å². The van der Waals surface area contributed by atoms with Gasteiger partial charge < -0.3 is 18.6 Å². The van der Waals surface area contributed by atoms with Gasteiger partial charge in [0, 0.05) is 32.9 Å². The molecule has 68 heavy (non-hydrogen) atoms. The van der Waals surface area contributed by atoms with Crippen molar-refractivity contribution >= 4 is 146 Å². The summed E-state index contributed by atoms with van der Waals surface area (Å²) in [5, 5.41) is 9.47. The second kappa shape index (κ2) is 13.4. The van der Waals surface area contributed by atoms with E-state index in [2.05, 4.69) is 209 Å². The molecule has 5 heterocycles. The van der Waals surface area contributed by atoms with E-state index in [1.165, 1.54) is 99.1 Å². The van der Waals surface area contributed by atoms with Crippen LogP contribution in [0.4, 0.5) is 34.1 Å². The summed E-state index contributed by atoms with van der Waals surface area (Å²) in [6.45, 7) is 13.4. The van der Waals surface area contributed by atoms with Crippen LogP contribution in [0.3, 0.4) is 0 Å². The molecule has 15 rings (SSSR count). The molecule has 4 nitrogen and oxygen atoms in total. The van der Waals surface area contributed by atoms with Crippen LogP contribution in [0.1, 0.15) is 33.4 Å². The number of hydrogen-bond donors (Lipinski definition) is 0. The van der Waals surface area contributed by atoms with E-state index in [0.717, 1.165) is 66.6 Å². The Kier molecular flexibility index (Phi) is 7.50. The lowest BCUT2D eigenvalue weighted by molar-refractivity contribution is 0.671. The van der Waals surface area contributed by atoms with Gasteiger partial charge in [-0.1, -0.05) is 154 Å². The molecule has 0 atom stereocenters. The molecule has 0 amide bonds. The topological polar surface area (TPSA) is 32.8 Å². The molecule has 2 aromatic heterocycles. The molecule has 12 aromatic rings. The molecule has 10 aromatic carbocycles. The van der Waals surface area contributed by atoms with E-state index < -0.39 is 0 Å². The second-order valence-corrected chi connectivity index (χ2v) is 19.9. The lowest BCUT2D eigenvalue weighted by Crippen LogP contribution is -2.62. The van der Waals surface area contributed by atoms with Crippen molar-refractivity contribution in [1.82, 2.24) is 0 Å². The predicted octanol–water partition coefficient (Wildman–Crippen LogP) is 12.6. The zero-order valence-corrected chi connectivity index (χ0v) is 38.9. The molecule has 6 heteroatoms. The van der Waals surface area contributed by atoms with Gasteiger partial charge in [0.15, 0.2) is 0 Å². The predicted molar refractivity (Wildman–Crippen MR) is 290 cm³/mol. The molecule has 3 aliphatic heterocycles. The summed E-state index contributed by atoms with van der Waals surface area (Å²) < 4.78 is 14.4. The number of furan rings is 2. The second-order valence-electron chi connectivity index (χ2n) is 19.9. The van der Waals surface area contributed by atoms with Crippen LogP contribution in [0.2, 0.25) is 0 Å². The van der Waals surface area contributed by atoms with E-state index in [4.69, 9.17) is 8.83 Å². The summed E-state index contributed by atoms with van der Waals surface area (Å²) in [6, 6.07) is 59.0. The van der Waals surface area contributed by atoms with E-state index in [9.17, 15) is 0 Å².